The summed E-state index contributed by atoms with van der Waals surface area (Å²) < 4.78 is 12.4. The number of aliphatic imine (C=N–C) groups is 1. The van der Waals surface area contributed by atoms with Gasteiger partial charge in [0, 0.05) is 36.7 Å². The van der Waals surface area contributed by atoms with E-state index >= 15 is 0 Å². The number of hydrogen-bond acceptors (Lipinski definition) is 7. The monoisotopic (exact) mass is 444 g/mol. The first kappa shape index (κ1) is 21.3. The Labute approximate surface area is 185 Å². The molecule has 3 heterocycles. The van der Waals surface area contributed by atoms with Gasteiger partial charge in [0.15, 0.2) is 11.8 Å². The molecule has 164 valence electrons. The van der Waals surface area contributed by atoms with Crippen LogP contribution in [0.5, 0.6) is 0 Å². The molecule has 1 unspecified atom stereocenters. The van der Waals surface area contributed by atoms with E-state index in [0.717, 1.165) is 37.3 Å². The van der Waals surface area contributed by atoms with Crippen LogP contribution in [0.4, 0.5) is 0 Å². The standard InChI is InChI=1S/C20H25ClN8O2/c1-3-22-20(24-15-8-9-17-25-16(12-30-2)27-29(17)11-15)23-10-18-26-19(28-31-18)13-4-6-14(21)7-5-13/h4-7,15H,3,8-12H2,1-2H3,(H2,22,23,24). The molecule has 0 amide bonds. The van der Waals surface area contributed by atoms with Gasteiger partial charge < -0.3 is 19.9 Å². The second-order valence-corrected chi connectivity index (χ2v) is 7.59. The van der Waals surface area contributed by atoms with Gasteiger partial charge in [-0.3, -0.25) is 0 Å². The van der Waals surface area contributed by atoms with Gasteiger partial charge in [0.1, 0.15) is 19.0 Å². The van der Waals surface area contributed by atoms with Crippen LogP contribution in [0, 0.1) is 0 Å². The highest BCUT2D eigenvalue weighted by atomic mass is 35.5. The van der Waals surface area contributed by atoms with Gasteiger partial charge in [-0.15, -0.1) is 0 Å². The van der Waals surface area contributed by atoms with E-state index in [4.69, 9.17) is 20.9 Å². The number of aryl methyl sites for hydroxylation is 1. The second kappa shape index (κ2) is 9.88. The predicted octanol–water partition coefficient (Wildman–Crippen LogP) is 2.20. The van der Waals surface area contributed by atoms with Crippen molar-refractivity contribution in [3.05, 3.63) is 46.8 Å². The fraction of sp³-hybridized carbons (Fsp3) is 0.450. The molecule has 1 aliphatic rings. The molecule has 0 fully saturated rings. The molecule has 0 spiro atoms. The molecule has 0 radical (unpaired) electrons. The zero-order valence-corrected chi connectivity index (χ0v) is 18.3. The zero-order valence-electron chi connectivity index (χ0n) is 17.5. The van der Waals surface area contributed by atoms with Crippen molar-refractivity contribution in [3.63, 3.8) is 0 Å². The van der Waals surface area contributed by atoms with E-state index in [9.17, 15) is 0 Å². The molecular formula is C20H25ClN8O2. The Morgan fingerprint density at radius 1 is 1.32 bits per heavy atom. The molecule has 0 saturated carbocycles. The molecule has 1 aromatic carbocycles. The van der Waals surface area contributed by atoms with Crippen LogP contribution < -0.4 is 10.6 Å². The summed E-state index contributed by atoms with van der Waals surface area (Å²) in [5.41, 5.74) is 0.840. The number of guanidine groups is 1. The minimum absolute atomic E-state index is 0.190. The number of nitrogens with zero attached hydrogens (tertiary/aromatic N) is 6. The van der Waals surface area contributed by atoms with Crippen molar-refractivity contribution >= 4 is 17.6 Å². The van der Waals surface area contributed by atoms with Gasteiger partial charge in [-0.25, -0.2) is 14.7 Å². The Bertz CT molecular complexity index is 1030. The van der Waals surface area contributed by atoms with Crippen LogP contribution in [0.15, 0.2) is 33.8 Å². The highest BCUT2D eigenvalue weighted by Crippen LogP contribution is 2.19. The zero-order chi connectivity index (χ0) is 21.6. The first-order chi connectivity index (χ1) is 15.1. The number of methoxy groups -OCH3 is 1. The molecule has 0 saturated heterocycles. The van der Waals surface area contributed by atoms with Crippen LogP contribution in [0.1, 0.15) is 30.9 Å². The molecular weight excluding hydrogens is 420 g/mol. The lowest BCUT2D eigenvalue weighted by Gasteiger charge is -2.25. The maximum absolute atomic E-state index is 5.93. The van der Waals surface area contributed by atoms with Crippen LogP contribution in [-0.4, -0.2) is 50.6 Å². The number of fused-ring (bicyclic) bond motifs is 1. The Morgan fingerprint density at radius 2 is 2.16 bits per heavy atom. The van der Waals surface area contributed by atoms with Gasteiger partial charge >= 0.3 is 0 Å². The molecule has 4 rings (SSSR count). The van der Waals surface area contributed by atoms with Crippen molar-refractivity contribution in [2.75, 3.05) is 13.7 Å². The number of halogens is 1. The van der Waals surface area contributed by atoms with Gasteiger partial charge in [0.2, 0.25) is 11.7 Å². The van der Waals surface area contributed by atoms with Crippen LogP contribution in [0.2, 0.25) is 5.02 Å². The SMILES string of the molecule is CCNC(=NCc1nc(-c2ccc(Cl)cc2)no1)NC1CCc2nc(COC)nn2C1. The molecule has 11 heteroatoms. The molecule has 0 bridgehead atoms. The summed E-state index contributed by atoms with van der Waals surface area (Å²) in [5.74, 6) is 3.35. The fourth-order valence-electron chi connectivity index (χ4n) is 3.36. The van der Waals surface area contributed by atoms with Crippen molar-refractivity contribution in [2.45, 2.75) is 45.5 Å². The Morgan fingerprint density at radius 3 is 2.94 bits per heavy atom. The molecule has 2 aromatic heterocycles. The Hall–Kier alpha value is -2.98. The van der Waals surface area contributed by atoms with Gasteiger partial charge in [-0.2, -0.15) is 10.1 Å². The van der Waals surface area contributed by atoms with E-state index in [1.807, 2.05) is 23.7 Å². The summed E-state index contributed by atoms with van der Waals surface area (Å²) in [6.45, 7) is 4.18. The summed E-state index contributed by atoms with van der Waals surface area (Å²) in [5, 5.41) is 15.9. The molecule has 10 nitrogen and oxygen atoms in total. The molecule has 3 aromatic rings. The van der Waals surface area contributed by atoms with Crippen molar-refractivity contribution in [3.8, 4) is 11.4 Å². The smallest absolute Gasteiger partial charge is 0.248 e. The van der Waals surface area contributed by atoms with E-state index in [1.165, 1.54) is 0 Å². The minimum Gasteiger partial charge on any atom is -0.377 e. The third-order valence-electron chi connectivity index (χ3n) is 4.80. The molecule has 0 aliphatic carbocycles. The lowest BCUT2D eigenvalue weighted by molar-refractivity contribution is 0.177. The quantitative estimate of drug-likeness (QED) is 0.421. The number of aromatic nitrogens is 5. The average molecular weight is 445 g/mol. The first-order valence-corrected chi connectivity index (χ1v) is 10.6. The number of nitrogens with one attached hydrogen (secondary N) is 2. The normalized spacial score (nSPS) is 16.2. The van der Waals surface area contributed by atoms with Crippen molar-refractivity contribution in [1.29, 1.82) is 0 Å². The maximum Gasteiger partial charge on any atom is 0.248 e. The first-order valence-electron chi connectivity index (χ1n) is 10.2. The number of ether oxygens (including phenoxy) is 1. The molecule has 1 atom stereocenters. The van der Waals surface area contributed by atoms with Gasteiger partial charge in [0.25, 0.3) is 0 Å². The summed E-state index contributed by atoms with van der Waals surface area (Å²) in [7, 11) is 1.64. The summed E-state index contributed by atoms with van der Waals surface area (Å²) in [6.07, 6.45) is 1.79. The average Bonchev–Trinajstić information content (AvgIpc) is 3.39. The van der Waals surface area contributed by atoms with Gasteiger partial charge in [0.05, 0.1) is 6.54 Å². The lowest BCUT2D eigenvalue weighted by Crippen LogP contribution is -2.47. The highest BCUT2D eigenvalue weighted by molar-refractivity contribution is 6.30. The van der Waals surface area contributed by atoms with E-state index in [1.54, 1.807) is 19.2 Å². The minimum atomic E-state index is 0.190. The van der Waals surface area contributed by atoms with Crippen LogP contribution in [-0.2, 0) is 30.9 Å². The third kappa shape index (κ3) is 5.39. The summed E-state index contributed by atoms with van der Waals surface area (Å²) in [6, 6.07) is 7.48. The van der Waals surface area contributed by atoms with Crippen molar-refractivity contribution in [2.24, 2.45) is 4.99 Å². The molecule has 1 aliphatic heterocycles. The predicted molar refractivity (Wildman–Crippen MR) is 116 cm³/mol. The van der Waals surface area contributed by atoms with Crippen LogP contribution in [0.25, 0.3) is 11.4 Å². The van der Waals surface area contributed by atoms with Crippen LogP contribution in [0.3, 0.4) is 0 Å². The lowest BCUT2D eigenvalue weighted by atomic mass is 10.1. The van der Waals surface area contributed by atoms with E-state index in [2.05, 4.69) is 35.8 Å². The van der Waals surface area contributed by atoms with Gasteiger partial charge in [-0.1, -0.05) is 16.8 Å². The summed E-state index contributed by atoms with van der Waals surface area (Å²) in [4.78, 5) is 13.5. The molecule has 2 N–H and O–H groups in total. The van der Waals surface area contributed by atoms with Gasteiger partial charge in [-0.05, 0) is 37.6 Å². The highest BCUT2D eigenvalue weighted by Gasteiger charge is 2.22. The number of rotatable bonds is 7. The van der Waals surface area contributed by atoms with E-state index < -0.39 is 0 Å². The molecule has 31 heavy (non-hydrogen) atoms. The fourth-order valence-corrected chi connectivity index (χ4v) is 3.49. The van der Waals surface area contributed by atoms with Crippen molar-refractivity contribution < 1.29 is 9.26 Å². The Kier molecular flexibility index (Phi) is 6.78. The third-order valence-corrected chi connectivity index (χ3v) is 5.06. The van der Waals surface area contributed by atoms with E-state index in [0.29, 0.717) is 35.1 Å². The number of benzene rings is 1. The second-order valence-electron chi connectivity index (χ2n) is 7.15. The Balaban J connectivity index is 1.39. The van der Waals surface area contributed by atoms with E-state index in [-0.39, 0.29) is 12.6 Å². The van der Waals surface area contributed by atoms with Crippen LogP contribution >= 0.6 is 11.6 Å². The summed E-state index contributed by atoms with van der Waals surface area (Å²) >= 11 is 5.93. The number of hydrogen-bond donors (Lipinski definition) is 2. The largest absolute Gasteiger partial charge is 0.377 e. The van der Waals surface area contributed by atoms with Crippen molar-refractivity contribution in [1.82, 2.24) is 35.5 Å². The topological polar surface area (TPSA) is 115 Å². The maximum atomic E-state index is 5.93.